The normalized spacial score (nSPS) is 17.7. The minimum atomic E-state index is 0.452. The Morgan fingerprint density at radius 2 is 1.71 bits per heavy atom. The fraction of sp³-hybridized carbons (Fsp3) is 0.625. The van der Waals surface area contributed by atoms with Crippen molar-refractivity contribution in [3.8, 4) is 0 Å². The van der Waals surface area contributed by atoms with Crippen molar-refractivity contribution in [2.24, 2.45) is 0 Å². The number of nitrogens with one attached hydrogen (secondary N) is 1. The Bertz CT molecular complexity index is 314. The third-order valence-corrected chi connectivity index (χ3v) is 4.07. The van der Waals surface area contributed by atoms with Gasteiger partial charge in [-0.25, -0.2) is 0 Å². The number of unbranched alkanes of at least 4 members (excludes halogenated alkanes) is 4. The second-order valence-corrected chi connectivity index (χ2v) is 5.41. The van der Waals surface area contributed by atoms with Gasteiger partial charge in [-0.1, -0.05) is 69.4 Å². The summed E-state index contributed by atoms with van der Waals surface area (Å²) in [6.07, 6.45) is 8.30. The number of rotatable bonds is 7. The lowest BCUT2D eigenvalue weighted by Crippen LogP contribution is -2.56. The first-order chi connectivity index (χ1) is 8.37. The molecule has 94 valence electrons. The summed E-state index contributed by atoms with van der Waals surface area (Å²) in [5, 5.41) is 3.45. The second kappa shape index (κ2) is 6.20. The van der Waals surface area contributed by atoms with Crippen molar-refractivity contribution in [1.29, 1.82) is 0 Å². The van der Waals surface area contributed by atoms with E-state index in [1.807, 2.05) is 0 Å². The molecule has 0 radical (unpaired) electrons. The van der Waals surface area contributed by atoms with Gasteiger partial charge in [-0.15, -0.1) is 0 Å². The van der Waals surface area contributed by atoms with Crippen LogP contribution in [-0.2, 0) is 5.41 Å². The molecule has 1 nitrogen and oxygen atoms in total. The monoisotopic (exact) mass is 231 g/mol. The summed E-state index contributed by atoms with van der Waals surface area (Å²) in [6, 6.07) is 11.1. The molecule has 1 aliphatic rings. The van der Waals surface area contributed by atoms with Gasteiger partial charge < -0.3 is 5.32 Å². The largest absolute Gasteiger partial charge is 0.315 e. The van der Waals surface area contributed by atoms with Gasteiger partial charge in [0.05, 0.1) is 0 Å². The molecule has 1 aromatic carbocycles. The number of hydrogen-bond acceptors (Lipinski definition) is 1. The summed E-state index contributed by atoms with van der Waals surface area (Å²) < 4.78 is 0. The molecule has 0 amide bonds. The molecule has 1 aromatic rings. The Morgan fingerprint density at radius 3 is 2.29 bits per heavy atom. The van der Waals surface area contributed by atoms with Crippen LogP contribution < -0.4 is 5.32 Å². The van der Waals surface area contributed by atoms with Crippen LogP contribution in [0.25, 0.3) is 0 Å². The van der Waals surface area contributed by atoms with Crippen molar-refractivity contribution in [2.45, 2.75) is 50.9 Å². The molecule has 1 fully saturated rings. The maximum absolute atomic E-state index is 3.45. The van der Waals surface area contributed by atoms with Crippen molar-refractivity contribution < 1.29 is 0 Å². The minimum Gasteiger partial charge on any atom is -0.315 e. The third kappa shape index (κ3) is 3.10. The summed E-state index contributed by atoms with van der Waals surface area (Å²) >= 11 is 0. The van der Waals surface area contributed by atoms with Crippen LogP contribution in [0.15, 0.2) is 30.3 Å². The summed E-state index contributed by atoms with van der Waals surface area (Å²) in [5.41, 5.74) is 1.99. The van der Waals surface area contributed by atoms with Gasteiger partial charge in [0.1, 0.15) is 0 Å². The van der Waals surface area contributed by atoms with E-state index in [1.165, 1.54) is 57.2 Å². The molecule has 17 heavy (non-hydrogen) atoms. The van der Waals surface area contributed by atoms with E-state index in [2.05, 4.69) is 42.6 Å². The zero-order valence-electron chi connectivity index (χ0n) is 11.0. The van der Waals surface area contributed by atoms with E-state index in [-0.39, 0.29) is 0 Å². The molecule has 2 rings (SSSR count). The summed E-state index contributed by atoms with van der Waals surface area (Å²) in [5.74, 6) is 0. The quantitative estimate of drug-likeness (QED) is 0.702. The summed E-state index contributed by atoms with van der Waals surface area (Å²) in [4.78, 5) is 0. The van der Waals surface area contributed by atoms with Crippen LogP contribution in [0.2, 0.25) is 0 Å². The van der Waals surface area contributed by atoms with Gasteiger partial charge in [0.2, 0.25) is 0 Å². The molecular weight excluding hydrogens is 206 g/mol. The van der Waals surface area contributed by atoms with Crippen molar-refractivity contribution in [3.63, 3.8) is 0 Å². The first-order valence-corrected chi connectivity index (χ1v) is 7.14. The molecule has 0 unspecified atom stereocenters. The molecule has 0 atom stereocenters. The van der Waals surface area contributed by atoms with Crippen LogP contribution in [-0.4, -0.2) is 13.1 Å². The maximum Gasteiger partial charge on any atom is 0.0202 e. The Balaban J connectivity index is 1.84. The average molecular weight is 231 g/mol. The molecule has 0 spiro atoms. The van der Waals surface area contributed by atoms with Crippen molar-refractivity contribution >= 4 is 0 Å². The topological polar surface area (TPSA) is 12.0 Å². The first kappa shape index (κ1) is 12.6. The lowest BCUT2D eigenvalue weighted by molar-refractivity contribution is 0.249. The van der Waals surface area contributed by atoms with E-state index in [4.69, 9.17) is 0 Å². The van der Waals surface area contributed by atoms with Gasteiger partial charge in [0.15, 0.2) is 0 Å². The minimum absolute atomic E-state index is 0.452. The van der Waals surface area contributed by atoms with Gasteiger partial charge in [0.25, 0.3) is 0 Å². The zero-order valence-corrected chi connectivity index (χ0v) is 11.0. The lowest BCUT2D eigenvalue weighted by atomic mass is 9.71. The molecule has 1 heteroatoms. The molecule has 0 bridgehead atoms. The fourth-order valence-electron chi connectivity index (χ4n) is 2.81. The van der Waals surface area contributed by atoms with E-state index < -0.39 is 0 Å². The highest BCUT2D eigenvalue weighted by molar-refractivity contribution is 5.29. The molecule has 0 aliphatic carbocycles. The Morgan fingerprint density at radius 1 is 1.00 bits per heavy atom. The smallest absolute Gasteiger partial charge is 0.0202 e. The Labute approximate surface area is 106 Å². The summed E-state index contributed by atoms with van der Waals surface area (Å²) in [7, 11) is 0. The Kier molecular flexibility index (Phi) is 4.61. The highest BCUT2D eigenvalue weighted by Crippen LogP contribution is 2.33. The third-order valence-electron chi connectivity index (χ3n) is 4.07. The lowest BCUT2D eigenvalue weighted by Gasteiger charge is -2.43. The SMILES string of the molecule is CCCCCCCC1(c2ccccc2)CNC1. The molecule has 1 N–H and O–H groups in total. The molecule has 0 saturated carbocycles. The molecule has 1 saturated heterocycles. The maximum atomic E-state index is 3.45. The fourth-order valence-corrected chi connectivity index (χ4v) is 2.81. The average Bonchev–Trinajstić information content (AvgIpc) is 2.33. The van der Waals surface area contributed by atoms with Gasteiger partial charge in [-0.3, -0.25) is 0 Å². The molecular formula is C16H25N. The highest BCUT2D eigenvalue weighted by Gasteiger charge is 2.37. The van der Waals surface area contributed by atoms with Crippen LogP contribution in [0.5, 0.6) is 0 Å². The van der Waals surface area contributed by atoms with Crippen molar-refractivity contribution in [3.05, 3.63) is 35.9 Å². The molecule has 1 aliphatic heterocycles. The molecule has 1 heterocycles. The predicted octanol–water partition coefficient (Wildman–Crippen LogP) is 3.89. The van der Waals surface area contributed by atoms with Crippen LogP contribution in [0, 0.1) is 0 Å². The van der Waals surface area contributed by atoms with Crippen molar-refractivity contribution in [1.82, 2.24) is 5.32 Å². The van der Waals surface area contributed by atoms with Gasteiger partial charge >= 0.3 is 0 Å². The molecule has 0 aromatic heterocycles. The Hall–Kier alpha value is -0.820. The zero-order chi connectivity index (χ0) is 12.0. The standard InChI is InChI=1S/C16H25N/c1-2-3-4-5-9-12-16(13-17-14-16)15-10-7-6-8-11-15/h6-8,10-11,17H,2-5,9,12-14H2,1H3. The predicted molar refractivity (Wildman–Crippen MR) is 74.4 cm³/mol. The second-order valence-electron chi connectivity index (χ2n) is 5.41. The highest BCUT2D eigenvalue weighted by atomic mass is 15.0. The van der Waals surface area contributed by atoms with E-state index in [0.717, 1.165) is 0 Å². The van der Waals surface area contributed by atoms with E-state index in [0.29, 0.717) is 5.41 Å². The van der Waals surface area contributed by atoms with Crippen LogP contribution >= 0.6 is 0 Å². The van der Waals surface area contributed by atoms with E-state index in [9.17, 15) is 0 Å². The van der Waals surface area contributed by atoms with Gasteiger partial charge in [-0.2, -0.15) is 0 Å². The summed E-state index contributed by atoms with van der Waals surface area (Å²) in [6.45, 7) is 4.62. The van der Waals surface area contributed by atoms with Gasteiger partial charge in [0, 0.05) is 18.5 Å². The van der Waals surface area contributed by atoms with Gasteiger partial charge in [-0.05, 0) is 12.0 Å². The van der Waals surface area contributed by atoms with Crippen LogP contribution in [0.4, 0.5) is 0 Å². The first-order valence-electron chi connectivity index (χ1n) is 7.14. The van der Waals surface area contributed by atoms with E-state index in [1.54, 1.807) is 0 Å². The van der Waals surface area contributed by atoms with Crippen LogP contribution in [0.1, 0.15) is 51.0 Å². The number of hydrogen-bond donors (Lipinski definition) is 1. The van der Waals surface area contributed by atoms with Crippen molar-refractivity contribution in [2.75, 3.05) is 13.1 Å². The number of benzene rings is 1. The van der Waals surface area contributed by atoms with E-state index >= 15 is 0 Å². The van der Waals surface area contributed by atoms with Crippen LogP contribution in [0.3, 0.4) is 0 Å².